The minimum atomic E-state index is -0.590. The van der Waals surface area contributed by atoms with Crippen LogP contribution in [0.5, 0.6) is 0 Å². The van der Waals surface area contributed by atoms with E-state index in [2.05, 4.69) is 51.7 Å². The Morgan fingerprint density at radius 3 is 2.94 bits per heavy atom. The summed E-state index contributed by atoms with van der Waals surface area (Å²) < 4.78 is 13.4. The molecular weight excluding hydrogens is 415 g/mol. The lowest BCUT2D eigenvalue weighted by Crippen LogP contribution is -2.44. The van der Waals surface area contributed by atoms with Crippen LogP contribution in [0, 0.1) is 17.8 Å². The molecule has 5 nitrogen and oxygen atoms in total. The number of carbonyl (C=O) groups excluding carboxylic acids is 1. The van der Waals surface area contributed by atoms with Crippen molar-refractivity contribution < 1.29 is 9.18 Å². The second kappa shape index (κ2) is 7.79. The third-order valence-electron chi connectivity index (χ3n) is 8.63. The van der Waals surface area contributed by atoms with Gasteiger partial charge < -0.3 is 5.32 Å². The number of H-pyrrole nitrogens is 1. The van der Waals surface area contributed by atoms with Crippen LogP contribution in [0.1, 0.15) is 73.2 Å². The molecule has 2 heterocycles. The number of pyridine rings is 1. The molecule has 1 aromatic carbocycles. The lowest BCUT2D eigenvalue weighted by atomic mass is 9.53. The van der Waals surface area contributed by atoms with E-state index in [0.717, 1.165) is 19.3 Å². The van der Waals surface area contributed by atoms with Gasteiger partial charge in [-0.15, -0.1) is 0 Å². The van der Waals surface area contributed by atoms with Gasteiger partial charge in [0, 0.05) is 17.5 Å². The first kappa shape index (κ1) is 20.6. The van der Waals surface area contributed by atoms with Crippen LogP contribution in [0.15, 0.2) is 48.7 Å². The molecule has 0 bridgehead atoms. The van der Waals surface area contributed by atoms with Crippen LogP contribution in [0.25, 0.3) is 0 Å². The van der Waals surface area contributed by atoms with E-state index in [-0.39, 0.29) is 17.1 Å². The van der Waals surface area contributed by atoms with Crippen molar-refractivity contribution >= 4 is 11.7 Å². The van der Waals surface area contributed by atoms with Crippen molar-refractivity contribution in [3.05, 3.63) is 77.0 Å². The summed E-state index contributed by atoms with van der Waals surface area (Å²) in [6, 6.07) is 13.4. The monoisotopic (exact) mass is 444 g/mol. The van der Waals surface area contributed by atoms with E-state index >= 15 is 0 Å². The number of anilines is 1. The van der Waals surface area contributed by atoms with Gasteiger partial charge >= 0.3 is 0 Å². The molecule has 1 amide bonds. The minimum absolute atomic E-state index is 0.0739. The smallest absolute Gasteiger partial charge is 0.225 e. The van der Waals surface area contributed by atoms with Gasteiger partial charge in [-0.2, -0.15) is 9.49 Å². The molecule has 0 saturated heterocycles. The molecule has 3 aliphatic rings. The number of nitrogens with zero attached hydrogens (tertiary/aromatic N) is 2. The third-order valence-corrected chi connectivity index (χ3v) is 8.63. The number of rotatable bonds is 4. The molecule has 170 valence electrons. The zero-order chi connectivity index (χ0) is 22.6. The summed E-state index contributed by atoms with van der Waals surface area (Å²) in [5.74, 6) is 1.56. The first-order valence-electron chi connectivity index (χ1n) is 12.1. The van der Waals surface area contributed by atoms with E-state index in [0.29, 0.717) is 30.1 Å². The number of carbonyl (C=O) groups is 1. The van der Waals surface area contributed by atoms with Crippen LogP contribution < -0.4 is 5.32 Å². The highest BCUT2D eigenvalue weighted by atomic mass is 19.1. The maximum atomic E-state index is 13.4. The maximum Gasteiger partial charge on any atom is 0.225 e. The number of amides is 1. The molecule has 4 unspecified atom stereocenters. The van der Waals surface area contributed by atoms with Gasteiger partial charge in [-0.05, 0) is 84.6 Å². The number of aryl methyl sites for hydroxylation is 1. The highest BCUT2D eigenvalue weighted by Crippen LogP contribution is 2.64. The second-order valence-electron chi connectivity index (χ2n) is 10.2. The highest BCUT2D eigenvalue weighted by molar-refractivity contribution is 5.89. The molecule has 3 aliphatic carbocycles. The molecule has 2 aromatic heterocycles. The van der Waals surface area contributed by atoms with E-state index in [1.165, 1.54) is 41.3 Å². The average Bonchev–Trinajstić information content (AvgIpc) is 3.38. The first-order chi connectivity index (χ1) is 16.0. The number of benzene rings is 1. The van der Waals surface area contributed by atoms with Crippen molar-refractivity contribution in [2.45, 2.75) is 62.7 Å². The fourth-order valence-electron chi connectivity index (χ4n) is 7.34. The Morgan fingerprint density at radius 2 is 2.06 bits per heavy atom. The number of halogens is 1. The first-order valence-corrected chi connectivity index (χ1v) is 12.1. The fourth-order valence-corrected chi connectivity index (χ4v) is 7.34. The lowest BCUT2D eigenvalue weighted by molar-refractivity contribution is -0.116. The topological polar surface area (TPSA) is 70.7 Å². The molecule has 0 aliphatic heterocycles. The molecular formula is C27H29FN4O. The van der Waals surface area contributed by atoms with Crippen molar-refractivity contribution in [2.75, 3.05) is 5.32 Å². The summed E-state index contributed by atoms with van der Waals surface area (Å²) in [5.41, 5.74) is 5.70. The van der Waals surface area contributed by atoms with Gasteiger partial charge in [-0.3, -0.25) is 9.89 Å². The molecule has 0 spiro atoms. The number of nitrogens with one attached hydrogen (secondary N) is 2. The zero-order valence-electron chi connectivity index (χ0n) is 18.9. The van der Waals surface area contributed by atoms with Crippen LogP contribution >= 0.6 is 0 Å². The molecule has 33 heavy (non-hydrogen) atoms. The standard InChI is InChI=1S/C27H29FN4O/c1-27-14-13-18-17-6-3-2-5-16(17)9-10-19(18)25(27)20(21-15-29-32-26(21)27)11-12-24(33)31-23-8-4-7-22(28)30-23/h2-8,15,18-20,25H,9-14H2,1H3,(H,29,32)(H,30,31,33)/t18?,19?,20-,25?,27?/m1/s1. The van der Waals surface area contributed by atoms with Crippen LogP contribution in [0.2, 0.25) is 0 Å². The van der Waals surface area contributed by atoms with E-state index in [4.69, 9.17) is 0 Å². The van der Waals surface area contributed by atoms with Gasteiger partial charge in [0.05, 0.1) is 6.20 Å². The van der Waals surface area contributed by atoms with Gasteiger partial charge in [-0.25, -0.2) is 4.98 Å². The van der Waals surface area contributed by atoms with Gasteiger partial charge in [0.1, 0.15) is 5.82 Å². The van der Waals surface area contributed by atoms with E-state index in [1.54, 1.807) is 12.1 Å². The maximum absolute atomic E-state index is 13.4. The van der Waals surface area contributed by atoms with Crippen LogP contribution in [-0.2, 0) is 16.6 Å². The Balaban J connectivity index is 1.26. The summed E-state index contributed by atoms with van der Waals surface area (Å²) in [7, 11) is 0. The van der Waals surface area contributed by atoms with Crippen molar-refractivity contribution in [2.24, 2.45) is 11.8 Å². The Kier molecular flexibility index (Phi) is 4.86. The molecule has 0 radical (unpaired) electrons. The number of fused-ring (bicyclic) bond motifs is 7. The Hall–Kier alpha value is -3.02. The molecule has 6 rings (SSSR count). The Labute approximate surface area is 193 Å². The Morgan fingerprint density at radius 1 is 1.18 bits per heavy atom. The quantitative estimate of drug-likeness (QED) is 0.524. The predicted octanol–water partition coefficient (Wildman–Crippen LogP) is 5.47. The molecule has 1 fully saturated rings. The van der Waals surface area contributed by atoms with Crippen molar-refractivity contribution in [3.63, 3.8) is 0 Å². The van der Waals surface area contributed by atoms with Crippen LogP contribution in [0.4, 0.5) is 10.2 Å². The Bertz CT molecular complexity index is 1210. The molecule has 5 atom stereocenters. The van der Waals surface area contributed by atoms with E-state index in [9.17, 15) is 9.18 Å². The summed E-state index contributed by atoms with van der Waals surface area (Å²) >= 11 is 0. The van der Waals surface area contributed by atoms with Crippen LogP contribution in [-0.4, -0.2) is 21.1 Å². The number of aromatic amines is 1. The van der Waals surface area contributed by atoms with Gasteiger partial charge in [0.15, 0.2) is 0 Å². The molecule has 3 aromatic rings. The normalized spacial score (nSPS) is 29.5. The van der Waals surface area contributed by atoms with Gasteiger partial charge in [0.2, 0.25) is 11.9 Å². The number of hydrogen-bond donors (Lipinski definition) is 2. The average molecular weight is 445 g/mol. The predicted molar refractivity (Wildman–Crippen MR) is 124 cm³/mol. The minimum Gasteiger partial charge on any atom is -0.311 e. The third kappa shape index (κ3) is 3.30. The molecule has 6 heteroatoms. The summed E-state index contributed by atoms with van der Waals surface area (Å²) in [5, 5.41) is 10.5. The van der Waals surface area contributed by atoms with Crippen molar-refractivity contribution in [3.8, 4) is 0 Å². The van der Waals surface area contributed by atoms with Crippen LogP contribution in [0.3, 0.4) is 0 Å². The van der Waals surface area contributed by atoms with Gasteiger partial charge in [-0.1, -0.05) is 37.3 Å². The van der Waals surface area contributed by atoms with Crippen molar-refractivity contribution in [1.82, 2.24) is 15.2 Å². The SMILES string of the molecule is CC12CCC3c4ccccc4CCC3C1[C@H](CCC(=O)Nc1cccc(F)n1)c1cn[nH]c12. The second-order valence-corrected chi connectivity index (χ2v) is 10.2. The number of aromatic nitrogens is 3. The summed E-state index contributed by atoms with van der Waals surface area (Å²) in [6.45, 7) is 2.40. The zero-order valence-corrected chi connectivity index (χ0v) is 18.9. The number of hydrogen-bond acceptors (Lipinski definition) is 3. The fraction of sp³-hybridized carbons (Fsp3) is 0.444. The van der Waals surface area contributed by atoms with E-state index in [1.807, 2.05) is 6.20 Å². The summed E-state index contributed by atoms with van der Waals surface area (Å²) in [4.78, 5) is 16.5. The van der Waals surface area contributed by atoms with Crippen molar-refractivity contribution in [1.29, 1.82) is 0 Å². The lowest BCUT2D eigenvalue weighted by Gasteiger charge is -2.50. The van der Waals surface area contributed by atoms with E-state index < -0.39 is 5.95 Å². The highest BCUT2D eigenvalue weighted by Gasteiger charge is 2.57. The van der Waals surface area contributed by atoms with Gasteiger partial charge in [0.25, 0.3) is 0 Å². The molecule has 2 N–H and O–H groups in total. The molecule has 1 saturated carbocycles. The summed E-state index contributed by atoms with van der Waals surface area (Å²) in [6.07, 6.45) is 7.81. The largest absolute Gasteiger partial charge is 0.311 e.